The van der Waals surface area contributed by atoms with E-state index in [9.17, 15) is 19.1 Å². The summed E-state index contributed by atoms with van der Waals surface area (Å²) in [4.78, 5) is 25.0. The number of benzene rings is 1. The van der Waals surface area contributed by atoms with Gasteiger partial charge in [-0.3, -0.25) is 4.90 Å². The lowest BCUT2D eigenvalue weighted by Crippen LogP contribution is -2.43. The van der Waals surface area contributed by atoms with E-state index in [1.807, 2.05) is 0 Å². The first kappa shape index (κ1) is 17.2. The molecule has 1 aliphatic heterocycles. The van der Waals surface area contributed by atoms with Crippen LogP contribution >= 0.6 is 0 Å². The van der Waals surface area contributed by atoms with Crippen LogP contribution in [0.4, 0.5) is 9.18 Å². The van der Waals surface area contributed by atoms with Gasteiger partial charge in [0.2, 0.25) is 0 Å². The first-order valence-electron chi connectivity index (χ1n) is 7.57. The molecule has 1 aliphatic rings. The van der Waals surface area contributed by atoms with Crippen LogP contribution in [0.25, 0.3) is 0 Å². The van der Waals surface area contributed by atoms with Gasteiger partial charge in [-0.05, 0) is 51.3 Å². The topological polar surface area (TPSA) is 66.8 Å². The SMILES string of the molecule is Cc1cc(C2CC(C(=O)O)N(C(=O)OC(C)(C)C)C2)ccc1F. The number of carbonyl (C=O) groups is 2. The molecule has 2 rings (SSSR count). The lowest BCUT2D eigenvalue weighted by Gasteiger charge is -2.26. The Morgan fingerprint density at radius 3 is 2.52 bits per heavy atom. The van der Waals surface area contributed by atoms with Gasteiger partial charge in [0.25, 0.3) is 0 Å². The molecule has 0 radical (unpaired) electrons. The van der Waals surface area contributed by atoms with Crippen LogP contribution in [0.1, 0.15) is 44.2 Å². The third-order valence-corrected chi connectivity index (χ3v) is 3.87. The molecule has 0 aliphatic carbocycles. The minimum Gasteiger partial charge on any atom is -0.480 e. The number of rotatable bonds is 2. The molecule has 2 unspecified atom stereocenters. The van der Waals surface area contributed by atoms with Crippen molar-refractivity contribution >= 4 is 12.1 Å². The Bertz CT molecular complexity index is 624. The van der Waals surface area contributed by atoms with E-state index in [0.717, 1.165) is 5.56 Å². The molecule has 0 aromatic heterocycles. The van der Waals surface area contributed by atoms with E-state index >= 15 is 0 Å². The molecular formula is C17H22FNO4. The van der Waals surface area contributed by atoms with E-state index in [-0.39, 0.29) is 18.3 Å². The predicted octanol–water partition coefficient (Wildman–Crippen LogP) is 3.31. The van der Waals surface area contributed by atoms with Crippen LogP contribution in [0, 0.1) is 12.7 Å². The zero-order chi connectivity index (χ0) is 17.4. The van der Waals surface area contributed by atoms with Gasteiger partial charge >= 0.3 is 12.1 Å². The molecule has 1 heterocycles. The van der Waals surface area contributed by atoms with Crippen molar-refractivity contribution < 1.29 is 23.8 Å². The predicted molar refractivity (Wildman–Crippen MR) is 82.9 cm³/mol. The fourth-order valence-electron chi connectivity index (χ4n) is 2.76. The molecule has 126 valence electrons. The number of aliphatic carboxylic acids is 1. The fourth-order valence-corrected chi connectivity index (χ4v) is 2.76. The van der Waals surface area contributed by atoms with Crippen molar-refractivity contribution in [3.63, 3.8) is 0 Å². The summed E-state index contributed by atoms with van der Waals surface area (Å²) in [5.74, 6) is -1.51. The van der Waals surface area contributed by atoms with E-state index in [0.29, 0.717) is 12.0 Å². The van der Waals surface area contributed by atoms with Crippen LogP contribution in [0.15, 0.2) is 18.2 Å². The molecular weight excluding hydrogens is 301 g/mol. The Morgan fingerprint density at radius 2 is 2.00 bits per heavy atom. The summed E-state index contributed by atoms with van der Waals surface area (Å²) in [6, 6.07) is 3.79. The van der Waals surface area contributed by atoms with Crippen molar-refractivity contribution in [3.8, 4) is 0 Å². The van der Waals surface area contributed by atoms with E-state index in [4.69, 9.17) is 4.74 Å². The summed E-state index contributed by atoms with van der Waals surface area (Å²) in [6.45, 7) is 7.11. The Hall–Kier alpha value is -2.11. The lowest BCUT2D eigenvalue weighted by atomic mass is 9.95. The normalized spacial score (nSPS) is 21.3. The van der Waals surface area contributed by atoms with Gasteiger partial charge in [-0.1, -0.05) is 12.1 Å². The highest BCUT2D eigenvalue weighted by atomic mass is 19.1. The number of halogens is 1. The number of hydrogen-bond acceptors (Lipinski definition) is 3. The van der Waals surface area contributed by atoms with E-state index in [2.05, 4.69) is 0 Å². The highest BCUT2D eigenvalue weighted by Gasteiger charge is 2.42. The number of hydrogen-bond donors (Lipinski definition) is 1. The minimum absolute atomic E-state index is 0.150. The van der Waals surface area contributed by atoms with Crippen molar-refractivity contribution in [2.75, 3.05) is 6.54 Å². The largest absolute Gasteiger partial charge is 0.480 e. The first-order chi connectivity index (χ1) is 10.6. The highest BCUT2D eigenvalue weighted by molar-refractivity contribution is 5.81. The van der Waals surface area contributed by atoms with Gasteiger partial charge in [0.1, 0.15) is 17.5 Å². The zero-order valence-corrected chi connectivity index (χ0v) is 13.8. The van der Waals surface area contributed by atoms with Crippen LogP contribution in [0.5, 0.6) is 0 Å². The zero-order valence-electron chi connectivity index (χ0n) is 13.8. The standard InChI is InChI=1S/C17H22FNO4/c1-10-7-11(5-6-13(10)18)12-8-14(15(20)21)19(9-12)16(22)23-17(2,3)4/h5-7,12,14H,8-9H2,1-4H3,(H,20,21). The number of amides is 1. The minimum atomic E-state index is -1.06. The monoisotopic (exact) mass is 323 g/mol. The first-order valence-corrected chi connectivity index (χ1v) is 7.57. The summed E-state index contributed by atoms with van der Waals surface area (Å²) >= 11 is 0. The molecule has 1 aromatic rings. The maximum atomic E-state index is 13.4. The molecule has 5 nitrogen and oxygen atoms in total. The van der Waals surface area contributed by atoms with Gasteiger partial charge in [-0.15, -0.1) is 0 Å². The summed E-state index contributed by atoms with van der Waals surface area (Å²) in [6.07, 6.45) is -0.342. The summed E-state index contributed by atoms with van der Waals surface area (Å²) in [7, 11) is 0. The number of carboxylic acid groups (broad SMARTS) is 1. The molecule has 6 heteroatoms. The average Bonchev–Trinajstić information content (AvgIpc) is 2.85. The summed E-state index contributed by atoms with van der Waals surface area (Å²) in [5, 5.41) is 9.38. The quantitative estimate of drug-likeness (QED) is 0.907. The molecule has 1 amide bonds. The summed E-state index contributed by atoms with van der Waals surface area (Å²) in [5.41, 5.74) is 0.649. The molecule has 2 atom stereocenters. The Morgan fingerprint density at radius 1 is 1.35 bits per heavy atom. The molecule has 0 bridgehead atoms. The van der Waals surface area contributed by atoms with Crippen LogP contribution in [-0.4, -0.2) is 40.3 Å². The molecule has 1 saturated heterocycles. The molecule has 0 saturated carbocycles. The molecule has 0 spiro atoms. The second-order valence-corrected chi connectivity index (χ2v) is 6.93. The van der Waals surface area contributed by atoms with Gasteiger partial charge in [0.15, 0.2) is 0 Å². The molecule has 1 aromatic carbocycles. The van der Waals surface area contributed by atoms with Gasteiger partial charge in [-0.25, -0.2) is 14.0 Å². The van der Waals surface area contributed by atoms with Crippen LogP contribution in [0.3, 0.4) is 0 Å². The average molecular weight is 323 g/mol. The fraction of sp³-hybridized carbons (Fsp3) is 0.529. The van der Waals surface area contributed by atoms with Crippen LogP contribution < -0.4 is 0 Å². The second-order valence-electron chi connectivity index (χ2n) is 6.93. The number of ether oxygens (including phenoxy) is 1. The van der Waals surface area contributed by atoms with Crippen LogP contribution in [0.2, 0.25) is 0 Å². The summed E-state index contributed by atoms with van der Waals surface area (Å²) < 4.78 is 18.7. The third kappa shape index (κ3) is 4.00. The van der Waals surface area contributed by atoms with Gasteiger partial charge in [0.05, 0.1) is 0 Å². The maximum Gasteiger partial charge on any atom is 0.411 e. The number of aryl methyl sites for hydroxylation is 1. The molecule has 23 heavy (non-hydrogen) atoms. The molecule has 1 fully saturated rings. The highest BCUT2D eigenvalue weighted by Crippen LogP contribution is 2.33. The van der Waals surface area contributed by atoms with Gasteiger partial charge in [-0.2, -0.15) is 0 Å². The molecule has 1 N–H and O–H groups in total. The number of nitrogens with zero attached hydrogens (tertiary/aromatic N) is 1. The van der Waals surface area contributed by atoms with Crippen LogP contribution in [-0.2, 0) is 9.53 Å². The van der Waals surface area contributed by atoms with Crippen molar-refractivity contribution in [1.82, 2.24) is 4.90 Å². The third-order valence-electron chi connectivity index (χ3n) is 3.87. The van der Waals surface area contributed by atoms with Crippen molar-refractivity contribution in [3.05, 3.63) is 35.1 Å². The van der Waals surface area contributed by atoms with E-state index in [1.165, 1.54) is 11.0 Å². The number of carboxylic acids is 1. The second kappa shape index (κ2) is 6.18. The number of carbonyl (C=O) groups excluding carboxylic acids is 1. The Kier molecular flexibility index (Phi) is 4.63. The Labute approximate surface area is 135 Å². The van der Waals surface area contributed by atoms with Crippen molar-refractivity contribution in [1.29, 1.82) is 0 Å². The van der Waals surface area contributed by atoms with Gasteiger partial charge < -0.3 is 9.84 Å². The number of likely N-dealkylation sites (tertiary alicyclic amines) is 1. The maximum absolute atomic E-state index is 13.4. The van der Waals surface area contributed by atoms with Crippen molar-refractivity contribution in [2.24, 2.45) is 0 Å². The van der Waals surface area contributed by atoms with E-state index < -0.39 is 23.7 Å². The lowest BCUT2D eigenvalue weighted by molar-refractivity contribution is -0.142. The van der Waals surface area contributed by atoms with Crippen molar-refractivity contribution in [2.45, 2.75) is 51.7 Å². The Balaban J connectivity index is 2.22. The smallest absolute Gasteiger partial charge is 0.411 e. The van der Waals surface area contributed by atoms with E-state index in [1.54, 1.807) is 39.8 Å². The van der Waals surface area contributed by atoms with Gasteiger partial charge in [0, 0.05) is 12.5 Å².